The summed E-state index contributed by atoms with van der Waals surface area (Å²) < 4.78 is 38.6. The first-order chi connectivity index (χ1) is 7.41. The van der Waals surface area contributed by atoms with Crippen LogP contribution in [0.25, 0.3) is 0 Å². The quantitative estimate of drug-likeness (QED) is 0.855. The van der Waals surface area contributed by atoms with E-state index in [-0.39, 0.29) is 12.3 Å². The Morgan fingerprint density at radius 3 is 2.12 bits per heavy atom. The number of halogens is 3. The number of carbonyl (C=O) groups excluding carboxylic acids is 2. The van der Waals surface area contributed by atoms with Gasteiger partial charge in [0.2, 0.25) is 0 Å². The molecule has 1 aromatic carbocycles. The maximum Gasteiger partial charge on any atom is 0.257 e. The molecular formula is C10H8F3NO2. The molecule has 1 amide bonds. The van der Waals surface area contributed by atoms with E-state index in [0.29, 0.717) is 12.1 Å². The molecule has 16 heavy (non-hydrogen) atoms. The molecule has 0 saturated heterocycles. The lowest BCUT2D eigenvalue weighted by Crippen LogP contribution is -2.29. The van der Waals surface area contributed by atoms with Crippen molar-refractivity contribution in [1.29, 1.82) is 0 Å². The lowest BCUT2D eigenvalue weighted by Gasteiger charge is -2.05. The highest BCUT2D eigenvalue weighted by atomic mass is 19.1. The van der Waals surface area contributed by atoms with Gasteiger partial charge in [-0.25, -0.2) is 13.2 Å². The van der Waals surface area contributed by atoms with Crippen LogP contribution < -0.4 is 5.32 Å². The van der Waals surface area contributed by atoms with Crippen LogP contribution in [0, 0.1) is 17.5 Å². The van der Waals surface area contributed by atoms with Crippen LogP contribution in [0.3, 0.4) is 0 Å². The summed E-state index contributed by atoms with van der Waals surface area (Å²) in [4.78, 5) is 21.8. The fraction of sp³-hybridized carbons (Fsp3) is 0.200. The SMILES string of the molecule is CC(=O)CNC(=O)c1c(F)cc(F)cc1F. The Bertz CT molecular complexity index is 423. The van der Waals surface area contributed by atoms with Crippen LogP contribution in [0.1, 0.15) is 17.3 Å². The van der Waals surface area contributed by atoms with E-state index in [2.05, 4.69) is 0 Å². The van der Waals surface area contributed by atoms with Gasteiger partial charge in [-0.3, -0.25) is 9.59 Å². The van der Waals surface area contributed by atoms with Gasteiger partial charge in [-0.2, -0.15) is 0 Å². The first-order valence-electron chi connectivity index (χ1n) is 4.34. The highest BCUT2D eigenvalue weighted by Crippen LogP contribution is 2.14. The van der Waals surface area contributed by atoms with Crippen LogP contribution in [0.2, 0.25) is 0 Å². The Balaban J connectivity index is 2.95. The van der Waals surface area contributed by atoms with Gasteiger partial charge in [0, 0.05) is 12.1 Å². The van der Waals surface area contributed by atoms with Crippen molar-refractivity contribution in [3.05, 3.63) is 35.1 Å². The third-order valence-electron chi connectivity index (χ3n) is 1.73. The number of amides is 1. The number of benzene rings is 1. The van der Waals surface area contributed by atoms with Crippen molar-refractivity contribution < 1.29 is 22.8 Å². The molecule has 0 heterocycles. The van der Waals surface area contributed by atoms with Crippen LogP contribution in [-0.2, 0) is 4.79 Å². The van der Waals surface area contributed by atoms with Gasteiger partial charge in [-0.05, 0) is 6.92 Å². The summed E-state index contributed by atoms with van der Waals surface area (Å²) in [5, 5.41) is 2.01. The molecule has 0 spiro atoms. The smallest absolute Gasteiger partial charge is 0.257 e. The Hall–Kier alpha value is -1.85. The second-order valence-corrected chi connectivity index (χ2v) is 3.13. The molecule has 0 unspecified atom stereocenters. The summed E-state index contributed by atoms with van der Waals surface area (Å²) in [6.07, 6.45) is 0. The normalized spacial score (nSPS) is 10.0. The van der Waals surface area contributed by atoms with Crippen molar-refractivity contribution in [1.82, 2.24) is 5.32 Å². The molecule has 3 nitrogen and oxygen atoms in total. The molecule has 1 N–H and O–H groups in total. The molecule has 86 valence electrons. The molecule has 0 aliphatic rings. The largest absolute Gasteiger partial charge is 0.345 e. The first-order valence-corrected chi connectivity index (χ1v) is 4.34. The van der Waals surface area contributed by atoms with Crippen LogP contribution in [0.5, 0.6) is 0 Å². The number of carbonyl (C=O) groups is 2. The first kappa shape index (κ1) is 12.2. The van der Waals surface area contributed by atoms with Gasteiger partial charge in [-0.1, -0.05) is 0 Å². The lowest BCUT2D eigenvalue weighted by molar-refractivity contribution is -0.116. The molecule has 0 aromatic heterocycles. The molecule has 0 radical (unpaired) electrons. The molecule has 0 atom stereocenters. The zero-order valence-electron chi connectivity index (χ0n) is 8.31. The van der Waals surface area contributed by atoms with Crippen molar-refractivity contribution in [2.24, 2.45) is 0 Å². The maximum absolute atomic E-state index is 13.1. The fourth-order valence-corrected chi connectivity index (χ4v) is 1.05. The summed E-state index contributed by atoms with van der Waals surface area (Å²) in [5.41, 5.74) is -0.900. The Labute approximate surface area is 89.3 Å². The van der Waals surface area contributed by atoms with Gasteiger partial charge in [0.05, 0.1) is 6.54 Å². The average molecular weight is 231 g/mol. The molecule has 1 rings (SSSR count). The molecule has 6 heteroatoms. The van der Waals surface area contributed by atoms with Crippen molar-refractivity contribution in [2.75, 3.05) is 6.54 Å². The molecule has 0 bridgehead atoms. The van der Waals surface area contributed by atoms with Crippen molar-refractivity contribution >= 4 is 11.7 Å². The van der Waals surface area contributed by atoms with E-state index in [4.69, 9.17) is 0 Å². The summed E-state index contributed by atoms with van der Waals surface area (Å²) in [5.74, 6) is -5.18. The molecule has 0 fully saturated rings. The highest BCUT2D eigenvalue weighted by Gasteiger charge is 2.18. The monoisotopic (exact) mass is 231 g/mol. The summed E-state index contributed by atoms with van der Waals surface area (Å²) in [6, 6.07) is 0.789. The van der Waals surface area contributed by atoms with E-state index in [0.717, 1.165) is 0 Å². The van der Waals surface area contributed by atoms with Crippen molar-refractivity contribution in [3.8, 4) is 0 Å². The minimum absolute atomic E-state index is 0.338. The Kier molecular flexibility index (Phi) is 3.65. The van der Waals surface area contributed by atoms with Gasteiger partial charge >= 0.3 is 0 Å². The molecule has 1 aromatic rings. The summed E-state index contributed by atoms with van der Waals surface area (Å²) >= 11 is 0. The lowest BCUT2D eigenvalue weighted by atomic mass is 10.1. The zero-order chi connectivity index (χ0) is 12.3. The van der Waals surface area contributed by atoms with E-state index in [1.165, 1.54) is 6.92 Å². The summed E-state index contributed by atoms with van der Waals surface area (Å²) in [6.45, 7) is 0.868. The number of hydrogen-bond donors (Lipinski definition) is 1. The van der Waals surface area contributed by atoms with Crippen LogP contribution in [0.4, 0.5) is 13.2 Å². The van der Waals surface area contributed by atoms with E-state index in [1.54, 1.807) is 0 Å². The third-order valence-corrected chi connectivity index (χ3v) is 1.73. The van der Waals surface area contributed by atoms with Crippen LogP contribution >= 0.6 is 0 Å². The molecule has 0 aliphatic heterocycles. The van der Waals surface area contributed by atoms with Crippen LogP contribution in [0.15, 0.2) is 12.1 Å². The van der Waals surface area contributed by atoms with Gasteiger partial charge in [0.1, 0.15) is 28.8 Å². The van der Waals surface area contributed by atoms with Crippen molar-refractivity contribution in [3.63, 3.8) is 0 Å². The minimum Gasteiger partial charge on any atom is -0.345 e. The van der Waals surface area contributed by atoms with Crippen molar-refractivity contribution in [2.45, 2.75) is 6.92 Å². The van der Waals surface area contributed by atoms with E-state index in [9.17, 15) is 22.8 Å². The maximum atomic E-state index is 13.1. The van der Waals surface area contributed by atoms with Gasteiger partial charge in [-0.15, -0.1) is 0 Å². The summed E-state index contributed by atoms with van der Waals surface area (Å²) in [7, 11) is 0. The average Bonchev–Trinajstić information content (AvgIpc) is 2.12. The standard InChI is InChI=1S/C10H8F3NO2/c1-5(15)4-14-10(16)9-7(12)2-6(11)3-8(9)13/h2-3H,4H2,1H3,(H,14,16). The molecular weight excluding hydrogens is 223 g/mol. The third kappa shape index (κ3) is 2.82. The van der Waals surface area contributed by atoms with Gasteiger partial charge in [0.15, 0.2) is 0 Å². The number of Topliss-reactive ketones (excluding diaryl/α,β-unsaturated/α-hetero) is 1. The predicted octanol–water partition coefficient (Wildman–Crippen LogP) is 1.42. The number of ketones is 1. The van der Waals surface area contributed by atoms with E-state index in [1.807, 2.05) is 5.32 Å². The Morgan fingerprint density at radius 2 is 1.69 bits per heavy atom. The Morgan fingerprint density at radius 1 is 1.19 bits per heavy atom. The number of rotatable bonds is 3. The zero-order valence-corrected chi connectivity index (χ0v) is 8.31. The van der Waals surface area contributed by atoms with E-state index < -0.39 is 28.9 Å². The van der Waals surface area contributed by atoms with E-state index >= 15 is 0 Å². The van der Waals surface area contributed by atoms with Crippen LogP contribution in [-0.4, -0.2) is 18.2 Å². The topological polar surface area (TPSA) is 46.2 Å². The highest BCUT2D eigenvalue weighted by molar-refractivity contribution is 5.96. The number of hydrogen-bond acceptors (Lipinski definition) is 2. The molecule has 0 aliphatic carbocycles. The predicted molar refractivity (Wildman–Crippen MR) is 49.3 cm³/mol. The number of nitrogens with one attached hydrogen (secondary N) is 1. The molecule has 0 saturated carbocycles. The second kappa shape index (κ2) is 4.78. The van der Waals surface area contributed by atoms with Gasteiger partial charge < -0.3 is 5.32 Å². The minimum atomic E-state index is -1.31. The van der Waals surface area contributed by atoms with Gasteiger partial charge in [0.25, 0.3) is 5.91 Å². The second-order valence-electron chi connectivity index (χ2n) is 3.13. The fourth-order valence-electron chi connectivity index (χ4n) is 1.05.